The van der Waals surface area contributed by atoms with Crippen LogP contribution in [0.5, 0.6) is 0 Å². The smallest absolute Gasteiger partial charge is 0.283 e. The lowest BCUT2D eigenvalue weighted by molar-refractivity contribution is -0.0134. The van der Waals surface area contributed by atoms with Crippen molar-refractivity contribution in [1.82, 2.24) is 0 Å². The van der Waals surface area contributed by atoms with Crippen LogP contribution in [0.4, 0.5) is 13.8 Å². The van der Waals surface area contributed by atoms with E-state index in [0.29, 0.717) is 12.0 Å². The van der Waals surface area contributed by atoms with Crippen LogP contribution < -0.4 is 5.73 Å². The van der Waals surface area contributed by atoms with Gasteiger partial charge < -0.3 is 5.73 Å². The summed E-state index contributed by atoms with van der Waals surface area (Å²) in [6.07, 6.45) is 0.368. The van der Waals surface area contributed by atoms with Crippen LogP contribution >= 0.6 is 11.3 Å². The van der Waals surface area contributed by atoms with Crippen molar-refractivity contribution in [3.05, 3.63) is 16.0 Å². The van der Waals surface area contributed by atoms with E-state index in [1.807, 2.05) is 13.0 Å². The number of anilines is 1. The Labute approximate surface area is 96.7 Å². The number of hydrogen-bond acceptors (Lipinski definition) is 3. The Morgan fingerprint density at radius 2 is 2.19 bits per heavy atom. The van der Waals surface area contributed by atoms with E-state index >= 15 is 0 Å². The molecular weight excluding hydrogens is 230 g/mol. The minimum atomic E-state index is -2.84. The molecule has 1 heterocycles. The SMILES string of the molecule is CCC1(C)CC(F)(F)c2sc(N)c(C#N)c21. The van der Waals surface area contributed by atoms with Crippen molar-refractivity contribution < 1.29 is 8.78 Å². The first-order chi connectivity index (χ1) is 7.35. The summed E-state index contributed by atoms with van der Waals surface area (Å²) in [4.78, 5) is -0.00843. The third-order valence-corrected chi connectivity index (χ3v) is 4.51. The van der Waals surface area contributed by atoms with Gasteiger partial charge in [0.2, 0.25) is 0 Å². The summed E-state index contributed by atoms with van der Waals surface area (Å²) >= 11 is 0.858. The van der Waals surface area contributed by atoms with Crippen LogP contribution in [-0.4, -0.2) is 0 Å². The Bertz CT molecular complexity index is 487. The van der Waals surface area contributed by atoms with Crippen LogP contribution in [0, 0.1) is 11.3 Å². The molecule has 0 aliphatic heterocycles. The quantitative estimate of drug-likeness (QED) is 0.820. The molecule has 0 amide bonds. The molecule has 1 aliphatic carbocycles. The Morgan fingerprint density at radius 1 is 1.56 bits per heavy atom. The second kappa shape index (κ2) is 3.17. The fourth-order valence-electron chi connectivity index (χ4n) is 2.35. The van der Waals surface area contributed by atoms with E-state index in [-0.39, 0.29) is 21.9 Å². The first-order valence-electron chi connectivity index (χ1n) is 5.07. The van der Waals surface area contributed by atoms with Gasteiger partial charge in [0.05, 0.1) is 10.4 Å². The van der Waals surface area contributed by atoms with Crippen LogP contribution in [0.25, 0.3) is 0 Å². The molecule has 2 nitrogen and oxygen atoms in total. The van der Waals surface area contributed by atoms with Gasteiger partial charge in [0.15, 0.2) is 0 Å². The second-order valence-electron chi connectivity index (χ2n) is 4.45. The Kier molecular flexibility index (Phi) is 2.25. The minimum absolute atomic E-state index is 0.00843. The molecule has 5 heteroatoms. The largest absolute Gasteiger partial charge is 0.389 e. The highest BCUT2D eigenvalue weighted by Gasteiger charge is 2.53. The topological polar surface area (TPSA) is 49.8 Å². The molecule has 0 spiro atoms. The standard InChI is InChI=1S/C11H12F2N2S/c1-3-10(2)5-11(12,13)8-7(10)6(4-14)9(15)16-8/h3,5,15H2,1-2H3. The lowest BCUT2D eigenvalue weighted by Gasteiger charge is -2.23. The van der Waals surface area contributed by atoms with E-state index < -0.39 is 11.3 Å². The van der Waals surface area contributed by atoms with Crippen LogP contribution in [0.15, 0.2) is 0 Å². The molecule has 0 saturated carbocycles. The van der Waals surface area contributed by atoms with E-state index in [1.54, 1.807) is 6.92 Å². The molecule has 16 heavy (non-hydrogen) atoms. The molecule has 0 radical (unpaired) electrons. The van der Waals surface area contributed by atoms with Gasteiger partial charge in [-0.1, -0.05) is 13.8 Å². The fraction of sp³-hybridized carbons (Fsp3) is 0.545. The van der Waals surface area contributed by atoms with Gasteiger partial charge in [0.1, 0.15) is 11.1 Å². The van der Waals surface area contributed by atoms with Gasteiger partial charge in [-0.25, -0.2) is 8.78 Å². The number of nitrogen functional groups attached to an aromatic ring is 1. The third-order valence-electron chi connectivity index (χ3n) is 3.38. The highest BCUT2D eigenvalue weighted by atomic mass is 32.1. The monoisotopic (exact) mass is 242 g/mol. The molecule has 86 valence electrons. The predicted molar refractivity (Wildman–Crippen MR) is 59.6 cm³/mol. The van der Waals surface area contributed by atoms with E-state index in [0.717, 1.165) is 11.3 Å². The van der Waals surface area contributed by atoms with Gasteiger partial charge in [0.25, 0.3) is 5.92 Å². The highest BCUT2D eigenvalue weighted by molar-refractivity contribution is 7.16. The number of halogens is 2. The summed E-state index contributed by atoms with van der Waals surface area (Å²) in [6, 6.07) is 1.95. The van der Waals surface area contributed by atoms with Gasteiger partial charge in [-0.2, -0.15) is 5.26 Å². The van der Waals surface area contributed by atoms with Crippen molar-refractivity contribution >= 4 is 16.3 Å². The summed E-state index contributed by atoms with van der Waals surface area (Å²) in [6.45, 7) is 3.64. The van der Waals surface area contributed by atoms with Crippen molar-refractivity contribution in [2.45, 2.75) is 38.0 Å². The number of fused-ring (bicyclic) bond motifs is 1. The average molecular weight is 242 g/mol. The van der Waals surface area contributed by atoms with E-state index in [4.69, 9.17) is 11.0 Å². The molecule has 0 aromatic carbocycles. The zero-order chi connectivity index (χ0) is 12.1. The van der Waals surface area contributed by atoms with Crippen molar-refractivity contribution in [2.24, 2.45) is 0 Å². The predicted octanol–water partition coefficient (Wildman–Crippen LogP) is 3.37. The van der Waals surface area contributed by atoms with Crippen molar-refractivity contribution in [3.63, 3.8) is 0 Å². The lowest BCUT2D eigenvalue weighted by atomic mass is 9.80. The average Bonchev–Trinajstić information content (AvgIpc) is 2.63. The molecule has 2 N–H and O–H groups in total. The highest BCUT2D eigenvalue weighted by Crippen LogP contribution is 2.58. The van der Waals surface area contributed by atoms with Crippen LogP contribution in [-0.2, 0) is 11.3 Å². The molecule has 0 bridgehead atoms. The maximum absolute atomic E-state index is 13.8. The van der Waals surface area contributed by atoms with Crippen molar-refractivity contribution in [1.29, 1.82) is 5.26 Å². The summed E-state index contributed by atoms with van der Waals surface area (Å²) in [5.74, 6) is -2.84. The maximum atomic E-state index is 13.8. The first kappa shape index (κ1) is 11.3. The summed E-state index contributed by atoms with van der Waals surface area (Å²) in [7, 11) is 0. The van der Waals surface area contributed by atoms with Gasteiger partial charge in [0, 0.05) is 11.8 Å². The zero-order valence-corrected chi connectivity index (χ0v) is 9.92. The Morgan fingerprint density at radius 3 is 2.69 bits per heavy atom. The molecule has 1 aromatic heterocycles. The molecule has 0 fully saturated rings. The molecule has 1 aliphatic rings. The number of thiophene rings is 1. The van der Waals surface area contributed by atoms with Gasteiger partial charge in [-0.3, -0.25) is 0 Å². The van der Waals surface area contributed by atoms with Crippen LogP contribution in [0.3, 0.4) is 0 Å². The lowest BCUT2D eigenvalue weighted by Crippen LogP contribution is -2.20. The summed E-state index contributed by atoms with van der Waals surface area (Å²) in [5, 5.41) is 9.22. The van der Waals surface area contributed by atoms with Crippen LogP contribution in [0.1, 0.15) is 42.7 Å². The number of hydrogen-bond donors (Lipinski definition) is 1. The normalized spacial score (nSPS) is 26.4. The van der Waals surface area contributed by atoms with Crippen molar-refractivity contribution in [2.75, 3.05) is 5.73 Å². The molecule has 0 saturated heterocycles. The molecule has 1 aromatic rings. The van der Waals surface area contributed by atoms with Gasteiger partial charge in [-0.15, -0.1) is 11.3 Å². The van der Waals surface area contributed by atoms with Crippen LogP contribution in [0.2, 0.25) is 0 Å². The number of nitrogens with zero attached hydrogens (tertiary/aromatic N) is 1. The Balaban J connectivity index is 2.75. The number of alkyl halides is 2. The van der Waals surface area contributed by atoms with E-state index in [2.05, 4.69) is 0 Å². The van der Waals surface area contributed by atoms with Crippen molar-refractivity contribution in [3.8, 4) is 6.07 Å². The third kappa shape index (κ3) is 1.26. The van der Waals surface area contributed by atoms with Gasteiger partial charge in [-0.05, 0) is 12.0 Å². The zero-order valence-electron chi connectivity index (χ0n) is 9.10. The first-order valence-corrected chi connectivity index (χ1v) is 5.88. The number of nitriles is 1. The number of nitrogens with two attached hydrogens (primary N) is 1. The Hall–Kier alpha value is -1.15. The van der Waals surface area contributed by atoms with E-state index in [1.165, 1.54) is 0 Å². The van der Waals surface area contributed by atoms with E-state index in [9.17, 15) is 8.78 Å². The molecular formula is C11H12F2N2S. The second-order valence-corrected chi connectivity index (χ2v) is 5.50. The fourth-order valence-corrected chi connectivity index (χ4v) is 3.50. The number of rotatable bonds is 1. The summed E-state index contributed by atoms with van der Waals surface area (Å²) < 4.78 is 27.6. The van der Waals surface area contributed by atoms with Gasteiger partial charge >= 0.3 is 0 Å². The maximum Gasteiger partial charge on any atom is 0.283 e. The molecule has 1 unspecified atom stereocenters. The molecule has 1 atom stereocenters. The minimum Gasteiger partial charge on any atom is -0.389 e. The molecule has 2 rings (SSSR count). The summed E-state index contributed by atoms with van der Waals surface area (Å²) in [5.41, 5.74) is 5.72.